The first-order valence-corrected chi connectivity index (χ1v) is 17.4. The third-order valence-corrected chi connectivity index (χ3v) is 7.71. The number of carbonyl (C=O) groups excluding carboxylic acids is 1. The number of rotatable bonds is 7. The highest BCUT2D eigenvalue weighted by Gasteiger charge is 2.42. The normalized spacial score (nSPS) is 19.0. The van der Waals surface area contributed by atoms with E-state index in [1.807, 2.05) is 6.07 Å². The van der Waals surface area contributed by atoms with E-state index < -0.39 is 16.1 Å². The molecule has 1 unspecified atom stereocenters. The number of benzene rings is 1. The van der Waals surface area contributed by atoms with Crippen molar-refractivity contribution in [1.29, 1.82) is 0 Å². The van der Waals surface area contributed by atoms with E-state index in [0.717, 1.165) is 18.6 Å². The Morgan fingerprint density at radius 3 is 1.92 bits per heavy atom. The zero-order valence-corrected chi connectivity index (χ0v) is 20.0. The number of amides is 1. The summed E-state index contributed by atoms with van der Waals surface area (Å²) in [6.07, 6.45) is 0. The molecular formula is C22H37NOSi2. The maximum absolute atomic E-state index is 13.5. The fraction of sp³-hybridized carbons (Fsp3) is 0.591. The van der Waals surface area contributed by atoms with Crippen LogP contribution in [0.5, 0.6) is 0 Å². The number of carbonyl (C=O) groups is 1. The predicted molar refractivity (Wildman–Crippen MR) is 119 cm³/mol. The van der Waals surface area contributed by atoms with Crippen LogP contribution < -0.4 is 0 Å². The quantitative estimate of drug-likeness (QED) is 0.523. The molecular weight excluding hydrogens is 350 g/mol. The lowest BCUT2D eigenvalue weighted by Crippen LogP contribution is -2.39. The van der Waals surface area contributed by atoms with E-state index in [9.17, 15) is 4.79 Å². The van der Waals surface area contributed by atoms with E-state index in [2.05, 4.69) is 82.3 Å². The third-order valence-electron chi connectivity index (χ3n) is 4.85. The molecule has 0 radical (unpaired) electrons. The van der Waals surface area contributed by atoms with Gasteiger partial charge in [-0.05, 0) is 29.1 Å². The summed E-state index contributed by atoms with van der Waals surface area (Å²) in [6, 6.07) is 12.9. The Balaban J connectivity index is 2.45. The molecule has 2 rings (SSSR count). The summed E-state index contributed by atoms with van der Waals surface area (Å²) in [5.41, 5.74) is 3.87. The molecule has 144 valence electrons. The summed E-state index contributed by atoms with van der Waals surface area (Å²) < 4.78 is 0. The van der Waals surface area contributed by atoms with E-state index >= 15 is 0 Å². The summed E-state index contributed by atoms with van der Waals surface area (Å²) >= 11 is 0. The largest absolute Gasteiger partial charge is 0.328 e. The highest BCUT2D eigenvalue weighted by atomic mass is 28.3. The van der Waals surface area contributed by atoms with Gasteiger partial charge in [0.15, 0.2) is 0 Å². The van der Waals surface area contributed by atoms with Gasteiger partial charge in [-0.25, -0.2) is 0 Å². The van der Waals surface area contributed by atoms with Crippen LogP contribution in [0.3, 0.4) is 0 Å². The molecule has 1 atom stereocenters. The lowest BCUT2D eigenvalue weighted by atomic mass is 9.96. The van der Waals surface area contributed by atoms with Crippen LogP contribution in [0.1, 0.15) is 19.4 Å². The van der Waals surface area contributed by atoms with Crippen LogP contribution in [0, 0.1) is 5.92 Å². The molecule has 1 aliphatic rings. The van der Waals surface area contributed by atoms with Crippen LogP contribution in [0.2, 0.25) is 51.4 Å². The summed E-state index contributed by atoms with van der Waals surface area (Å²) in [6.45, 7) is 19.7. The molecule has 1 aliphatic heterocycles. The van der Waals surface area contributed by atoms with Crippen molar-refractivity contribution < 1.29 is 4.79 Å². The van der Waals surface area contributed by atoms with Crippen LogP contribution in [-0.4, -0.2) is 33.0 Å². The van der Waals surface area contributed by atoms with Crippen LogP contribution in [0.15, 0.2) is 41.5 Å². The van der Waals surface area contributed by atoms with Gasteiger partial charge in [0.2, 0.25) is 5.91 Å². The van der Waals surface area contributed by atoms with E-state index in [0.29, 0.717) is 11.8 Å². The van der Waals surface area contributed by atoms with Gasteiger partial charge in [0, 0.05) is 28.3 Å². The Morgan fingerprint density at radius 1 is 0.923 bits per heavy atom. The van der Waals surface area contributed by atoms with Crippen molar-refractivity contribution in [3.05, 3.63) is 47.0 Å². The van der Waals surface area contributed by atoms with Gasteiger partial charge in [-0.1, -0.05) is 83.5 Å². The molecule has 1 amide bonds. The SMILES string of the molecule is CC(C)C1C(C[Si](C)(C)C)=C(C[Si](C)(C)C)C(=O)N1Cc1ccccc1. The fourth-order valence-electron chi connectivity index (χ4n) is 4.02. The fourth-order valence-corrected chi connectivity index (χ4v) is 7.02. The van der Waals surface area contributed by atoms with Gasteiger partial charge in [-0.2, -0.15) is 0 Å². The Bertz CT molecular complexity index is 666. The van der Waals surface area contributed by atoms with E-state index in [1.165, 1.54) is 16.7 Å². The Labute approximate surface area is 162 Å². The van der Waals surface area contributed by atoms with Crippen LogP contribution in [-0.2, 0) is 11.3 Å². The molecule has 0 saturated carbocycles. The smallest absolute Gasteiger partial charge is 0.250 e. The van der Waals surface area contributed by atoms with Gasteiger partial charge in [0.25, 0.3) is 0 Å². The van der Waals surface area contributed by atoms with Gasteiger partial charge < -0.3 is 4.90 Å². The number of hydrogen-bond donors (Lipinski definition) is 0. The third kappa shape index (κ3) is 5.43. The average Bonchev–Trinajstić information content (AvgIpc) is 2.70. The van der Waals surface area contributed by atoms with Crippen LogP contribution >= 0.6 is 0 Å². The van der Waals surface area contributed by atoms with Gasteiger partial charge in [0.05, 0.1) is 6.04 Å². The predicted octanol–water partition coefficient (Wildman–Crippen LogP) is 6.03. The number of nitrogens with zero attached hydrogens (tertiary/aromatic N) is 1. The van der Waals surface area contributed by atoms with Crippen molar-refractivity contribution in [2.24, 2.45) is 5.92 Å². The number of hydrogen-bond acceptors (Lipinski definition) is 1. The molecule has 1 aromatic carbocycles. The monoisotopic (exact) mass is 387 g/mol. The first-order chi connectivity index (χ1) is 11.9. The lowest BCUT2D eigenvalue weighted by Gasteiger charge is -2.32. The zero-order chi connectivity index (χ0) is 19.7. The van der Waals surface area contributed by atoms with E-state index in [4.69, 9.17) is 0 Å². The standard InChI is InChI=1S/C22H37NOSi2/c1-17(2)21-19(15-25(3,4)5)20(16-26(6,7)8)22(24)23(21)14-18-12-10-9-11-13-18/h9-13,17,21H,14-16H2,1-8H3. The van der Waals surface area contributed by atoms with Gasteiger partial charge >= 0.3 is 0 Å². The Kier molecular flexibility index (Phi) is 6.39. The van der Waals surface area contributed by atoms with E-state index in [1.54, 1.807) is 0 Å². The van der Waals surface area contributed by atoms with Crippen molar-refractivity contribution in [1.82, 2.24) is 4.90 Å². The minimum Gasteiger partial charge on any atom is -0.328 e. The molecule has 26 heavy (non-hydrogen) atoms. The van der Waals surface area contributed by atoms with Crippen molar-refractivity contribution in [2.75, 3.05) is 0 Å². The molecule has 0 spiro atoms. The first-order valence-electron chi connectivity index (χ1n) is 9.96. The molecule has 0 fully saturated rings. The molecule has 2 nitrogen and oxygen atoms in total. The maximum Gasteiger partial charge on any atom is 0.250 e. The van der Waals surface area contributed by atoms with Crippen LogP contribution in [0.25, 0.3) is 0 Å². The Morgan fingerprint density at radius 2 is 1.46 bits per heavy atom. The average molecular weight is 388 g/mol. The molecule has 0 N–H and O–H groups in total. The maximum atomic E-state index is 13.5. The second kappa shape index (κ2) is 7.85. The van der Waals surface area contributed by atoms with Crippen molar-refractivity contribution in [2.45, 2.75) is 77.8 Å². The van der Waals surface area contributed by atoms with Crippen molar-refractivity contribution >= 4 is 22.1 Å². The highest BCUT2D eigenvalue weighted by Crippen LogP contribution is 2.40. The van der Waals surface area contributed by atoms with E-state index in [-0.39, 0.29) is 6.04 Å². The Hall–Kier alpha value is -1.14. The van der Waals surface area contributed by atoms with Crippen molar-refractivity contribution in [3.8, 4) is 0 Å². The van der Waals surface area contributed by atoms with Crippen molar-refractivity contribution in [3.63, 3.8) is 0 Å². The zero-order valence-electron chi connectivity index (χ0n) is 18.0. The van der Waals surface area contributed by atoms with Gasteiger partial charge in [-0.15, -0.1) is 0 Å². The lowest BCUT2D eigenvalue weighted by molar-refractivity contribution is -0.128. The molecule has 0 saturated heterocycles. The molecule has 0 bridgehead atoms. The molecule has 1 aromatic rings. The first kappa shape index (κ1) is 21.2. The minimum atomic E-state index is -1.36. The molecule has 1 heterocycles. The molecule has 0 aliphatic carbocycles. The van der Waals surface area contributed by atoms with Crippen LogP contribution in [0.4, 0.5) is 0 Å². The summed E-state index contributed by atoms with van der Waals surface area (Å²) in [4.78, 5) is 15.7. The summed E-state index contributed by atoms with van der Waals surface area (Å²) in [5, 5.41) is 0. The molecule has 0 aromatic heterocycles. The second-order valence-corrected chi connectivity index (χ2v) is 21.5. The second-order valence-electron chi connectivity index (χ2n) is 10.6. The molecule has 4 heteroatoms. The highest BCUT2D eigenvalue weighted by molar-refractivity contribution is 6.77. The summed E-state index contributed by atoms with van der Waals surface area (Å²) in [7, 11) is -2.66. The topological polar surface area (TPSA) is 20.3 Å². The van der Waals surface area contributed by atoms with Gasteiger partial charge in [-0.3, -0.25) is 4.79 Å². The van der Waals surface area contributed by atoms with Gasteiger partial charge in [0.1, 0.15) is 0 Å². The summed E-state index contributed by atoms with van der Waals surface area (Å²) in [5.74, 6) is 0.761. The minimum absolute atomic E-state index is 0.265.